The number of anilines is 1. The Kier molecular flexibility index (Phi) is 6.17. The molecule has 0 aliphatic carbocycles. The lowest BCUT2D eigenvalue weighted by molar-refractivity contribution is 0.102. The molecule has 2 heterocycles. The van der Waals surface area contributed by atoms with Gasteiger partial charge in [0.2, 0.25) is 10.0 Å². The van der Waals surface area contributed by atoms with Crippen molar-refractivity contribution in [1.82, 2.24) is 9.29 Å². The van der Waals surface area contributed by atoms with E-state index in [1.165, 1.54) is 0 Å². The molecule has 6 nitrogen and oxygen atoms in total. The molecular weight excluding hydrogens is 398 g/mol. The largest absolute Gasteiger partial charge is 0.353 e. The molecule has 2 aromatic rings. The van der Waals surface area contributed by atoms with Crippen LogP contribution in [0.15, 0.2) is 23.1 Å². The third-order valence-electron chi connectivity index (χ3n) is 5.21. The van der Waals surface area contributed by atoms with E-state index in [0.717, 1.165) is 31.2 Å². The highest BCUT2D eigenvalue weighted by atomic mass is 35.5. The van der Waals surface area contributed by atoms with Gasteiger partial charge >= 0.3 is 0 Å². The Labute approximate surface area is 171 Å². The maximum absolute atomic E-state index is 13.2. The number of rotatable bonds is 4. The molecule has 1 aliphatic rings. The normalized spacial score (nSPS) is 16.0. The van der Waals surface area contributed by atoms with E-state index in [-0.39, 0.29) is 16.5 Å². The summed E-state index contributed by atoms with van der Waals surface area (Å²) in [6.07, 6.45) is 3.82. The van der Waals surface area contributed by atoms with Gasteiger partial charge in [0.15, 0.2) is 0 Å². The highest BCUT2D eigenvalue weighted by molar-refractivity contribution is 7.89. The van der Waals surface area contributed by atoms with Crippen molar-refractivity contribution in [3.05, 3.63) is 45.7 Å². The molecule has 1 aromatic carbocycles. The number of H-pyrrole nitrogens is 1. The molecular formula is C20H26ClN3O3S. The molecule has 3 rings (SSSR count). The summed E-state index contributed by atoms with van der Waals surface area (Å²) in [5.41, 5.74) is 2.65. The van der Waals surface area contributed by atoms with Crippen molar-refractivity contribution < 1.29 is 13.2 Å². The van der Waals surface area contributed by atoms with E-state index in [2.05, 4.69) is 10.3 Å². The monoisotopic (exact) mass is 423 g/mol. The van der Waals surface area contributed by atoms with Gasteiger partial charge < -0.3 is 10.3 Å². The lowest BCUT2D eigenvalue weighted by Gasteiger charge is -2.20. The number of halogens is 1. The van der Waals surface area contributed by atoms with Gasteiger partial charge in [0.05, 0.1) is 0 Å². The number of benzene rings is 1. The number of nitrogens with zero attached hydrogens (tertiary/aromatic N) is 1. The maximum Gasteiger partial charge on any atom is 0.272 e. The predicted octanol–water partition coefficient (Wildman–Crippen LogP) is 4.41. The first-order valence-corrected chi connectivity index (χ1v) is 11.3. The second kappa shape index (κ2) is 8.27. The van der Waals surface area contributed by atoms with E-state index in [0.29, 0.717) is 35.1 Å². The minimum atomic E-state index is -3.65. The molecule has 0 radical (unpaired) electrons. The molecule has 0 spiro atoms. The van der Waals surface area contributed by atoms with E-state index in [4.69, 9.17) is 11.6 Å². The molecule has 0 unspecified atom stereocenters. The summed E-state index contributed by atoms with van der Waals surface area (Å²) < 4.78 is 28.0. The predicted molar refractivity (Wildman–Crippen MR) is 112 cm³/mol. The molecule has 0 bridgehead atoms. The summed E-state index contributed by atoms with van der Waals surface area (Å²) >= 11 is 6.02. The Morgan fingerprint density at radius 1 is 1.11 bits per heavy atom. The number of hydrogen-bond donors (Lipinski definition) is 2. The maximum atomic E-state index is 13.2. The number of hydrogen-bond acceptors (Lipinski definition) is 3. The number of carbonyl (C=O) groups excluding carboxylic acids is 1. The van der Waals surface area contributed by atoms with Crippen LogP contribution in [0.2, 0.25) is 5.02 Å². The molecule has 28 heavy (non-hydrogen) atoms. The Balaban J connectivity index is 1.93. The van der Waals surface area contributed by atoms with E-state index < -0.39 is 10.0 Å². The zero-order valence-electron chi connectivity index (χ0n) is 16.4. The summed E-state index contributed by atoms with van der Waals surface area (Å²) in [6.45, 7) is 6.28. The fraction of sp³-hybridized carbons (Fsp3) is 0.450. The van der Waals surface area contributed by atoms with E-state index in [1.54, 1.807) is 30.3 Å². The van der Waals surface area contributed by atoms with Crippen LogP contribution in [0.25, 0.3) is 0 Å². The third kappa shape index (κ3) is 4.11. The molecule has 1 aliphatic heterocycles. The van der Waals surface area contributed by atoms with E-state index in [9.17, 15) is 13.2 Å². The van der Waals surface area contributed by atoms with Crippen molar-refractivity contribution in [2.24, 2.45) is 0 Å². The van der Waals surface area contributed by atoms with Gasteiger partial charge in [0.1, 0.15) is 10.6 Å². The number of aryl methyl sites for hydroxylation is 2. The lowest BCUT2D eigenvalue weighted by Crippen LogP contribution is -2.32. The van der Waals surface area contributed by atoms with Crippen molar-refractivity contribution in [1.29, 1.82) is 0 Å². The van der Waals surface area contributed by atoms with Gasteiger partial charge in [-0.1, -0.05) is 30.5 Å². The van der Waals surface area contributed by atoms with Crippen LogP contribution in [0.3, 0.4) is 0 Å². The van der Waals surface area contributed by atoms with E-state index >= 15 is 0 Å². The Bertz CT molecular complexity index is 990. The summed E-state index contributed by atoms with van der Waals surface area (Å²) in [5.74, 6) is -0.386. The highest BCUT2D eigenvalue weighted by Gasteiger charge is 2.32. The molecule has 2 N–H and O–H groups in total. The third-order valence-corrected chi connectivity index (χ3v) is 7.61. The smallest absolute Gasteiger partial charge is 0.272 e. The summed E-state index contributed by atoms with van der Waals surface area (Å²) in [5, 5.41) is 3.34. The Morgan fingerprint density at radius 3 is 2.39 bits per heavy atom. The second-order valence-electron chi connectivity index (χ2n) is 7.31. The topological polar surface area (TPSA) is 82.3 Å². The second-order valence-corrected chi connectivity index (χ2v) is 9.62. The fourth-order valence-electron chi connectivity index (χ4n) is 3.67. The van der Waals surface area contributed by atoms with E-state index in [1.807, 2.05) is 13.0 Å². The van der Waals surface area contributed by atoms with Crippen LogP contribution < -0.4 is 5.32 Å². The van der Waals surface area contributed by atoms with Gasteiger partial charge in [-0.05, 0) is 56.9 Å². The van der Waals surface area contributed by atoms with Crippen molar-refractivity contribution in [3.63, 3.8) is 0 Å². The number of sulfonamides is 1. The molecule has 1 aromatic heterocycles. The molecule has 1 amide bonds. The van der Waals surface area contributed by atoms with Crippen LogP contribution in [-0.4, -0.2) is 36.7 Å². The quantitative estimate of drug-likeness (QED) is 0.764. The van der Waals surface area contributed by atoms with Gasteiger partial charge in [-0.3, -0.25) is 4.79 Å². The fourth-order valence-corrected chi connectivity index (χ4v) is 5.77. The lowest BCUT2D eigenvalue weighted by atomic mass is 10.2. The average Bonchev–Trinajstić information content (AvgIpc) is 2.81. The van der Waals surface area contributed by atoms with Gasteiger partial charge in [-0.25, -0.2) is 8.42 Å². The van der Waals surface area contributed by atoms with Crippen molar-refractivity contribution >= 4 is 33.2 Å². The van der Waals surface area contributed by atoms with Crippen LogP contribution in [0.1, 0.15) is 53.0 Å². The van der Waals surface area contributed by atoms with Crippen LogP contribution in [0.4, 0.5) is 5.69 Å². The van der Waals surface area contributed by atoms with Crippen LogP contribution in [0.5, 0.6) is 0 Å². The molecule has 1 saturated heterocycles. The molecule has 8 heteroatoms. The summed E-state index contributed by atoms with van der Waals surface area (Å²) in [4.78, 5) is 16.0. The number of aromatic nitrogens is 1. The van der Waals surface area contributed by atoms with Gasteiger partial charge in [-0.2, -0.15) is 4.31 Å². The van der Waals surface area contributed by atoms with Crippen molar-refractivity contribution in [2.75, 3.05) is 18.4 Å². The van der Waals surface area contributed by atoms with Gasteiger partial charge in [0, 0.05) is 29.5 Å². The summed E-state index contributed by atoms with van der Waals surface area (Å²) in [7, 11) is -3.65. The van der Waals surface area contributed by atoms with Crippen LogP contribution >= 0.6 is 11.6 Å². The van der Waals surface area contributed by atoms with Gasteiger partial charge in [-0.15, -0.1) is 0 Å². The number of nitrogens with one attached hydrogen (secondary N) is 2. The molecule has 152 valence electrons. The highest BCUT2D eigenvalue weighted by Crippen LogP contribution is 2.29. The average molecular weight is 424 g/mol. The standard InChI is InChI=1S/C20H26ClN3O3S/c1-13-8-9-16(21)12-17(13)23-20(25)18-14(2)19(15(3)22-18)28(26,27)24-10-6-4-5-7-11-24/h8-9,12,22H,4-7,10-11H2,1-3H3,(H,23,25). The Hall–Kier alpha value is -1.83. The minimum absolute atomic E-state index is 0.211. The molecule has 0 saturated carbocycles. The first-order chi connectivity index (χ1) is 13.2. The van der Waals surface area contributed by atoms with Gasteiger partial charge in [0.25, 0.3) is 5.91 Å². The summed E-state index contributed by atoms with van der Waals surface area (Å²) in [6, 6.07) is 5.25. The number of carbonyl (C=O) groups is 1. The van der Waals surface area contributed by atoms with Crippen LogP contribution in [-0.2, 0) is 10.0 Å². The Morgan fingerprint density at radius 2 is 1.75 bits per heavy atom. The molecule has 0 atom stereocenters. The number of aromatic amines is 1. The SMILES string of the molecule is Cc1ccc(Cl)cc1NC(=O)c1[nH]c(C)c(S(=O)(=O)N2CCCCCC2)c1C. The van der Waals surface area contributed by atoms with Crippen molar-refractivity contribution in [3.8, 4) is 0 Å². The number of amides is 1. The minimum Gasteiger partial charge on any atom is -0.353 e. The van der Waals surface area contributed by atoms with Crippen molar-refractivity contribution in [2.45, 2.75) is 51.3 Å². The molecule has 1 fully saturated rings. The first kappa shape index (κ1) is 20.9. The van der Waals surface area contributed by atoms with Crippen LogP contribution in [0, 0.1) is 20.8 Å². The zero-order valence-corrected chi connectivity index (χ0v) is 18.0. The first-order valence-electron chi connectivity index (χ1n) is 9.48. The zero-order chi connectivity index (χ0) is 20.5.